The van der Waals surface area contributed by atoms with Crippen LogP contribution in [-0.4, -0.2) is 41.3 Å². The van der Waals surface area contributed by atoms with E-state index in [1.54, 1.807) is 23.2 Å². The monoisotopic (exact) mass is 465 g/mol. The van der Waals surface area contributed by atoms with Crippen molar-refractivity contribution < 1.29 is 23.1 Å². The Morgan fingerprint density at radius 1 is 1.06 bits per heavy atom. The average Bonchev–Trinajstić information content (AvgIpc) is 2.86. The van der Waals surface area contributed by atoms with Gasteiger partial charge in [-0.25, -0.2) is 13.8 Å². The third-order valence-electron chi connectivity index (χ3n) is 5.81. The highest BCUT2D eigenvalue weighted by atomic mass is 19.1. The number of piperidine rings is 1. The first-order valence-electron chi connectivity index (χ1n) is 11.2. The number of benzene rings is 2. The quantitative estimate of drug-likeness (QED) is 0.484. The molecule has 0 atom stereocenters. The summed E-state index contributed by atoms with van der Waals surface area (Å²) in [6.07, 6.45) is 2.36. The summed E-state index contributed by atoms with van der Waals surface area (Å²) in [5.74, 6) is -1.30. The molecule has 8 heteroatoms. The summed E-state index contributed by atoms with van der Waals surface area (Å²) >= 11 is 0. The lowest BCUT2D eigenvalue weighted by atomic mass is 9.88. The third kappa shape index (κ3) is 5.22. The maximum atomic E-state index is 14.0. The van der Waals surface area contributed by atoms with Crippen LogP contribution in [-0.2, 0) is 0 Å². The molecule has 1 aliphatic heterocycles. The van der Waals surface area contributed by atoms with Gasteiger partial charge in [0.2, 0.25) is 0 Å². The van der Waals surface area contributed by atoms with Gasteiger partial charge >= 0.3 is 0 Å². The van der Waals surface area contributed by atoms with Gasteiger partial charge in [-0.15, -0.1) is 0 Å². The number of halogens is 2. The van der Waals surface area contributed by atoms with Gasteiger partial charge in [0.1, 0.15) is 23.2 Å². The van der Waals surface area contributed by atoms with Gasteiger partial charge in [0.25, 0.3) is 5.91 Å². The molecule has 1 aromatic heterocycles. The van der Waals surface area contributed by atoms with Crippen LogP contribution in [0.15, 0.2) is 60.8 Å². The number of ketones is 1. The SMILES string of the molecule is CCOc1ccc(Nc2ncccc2C(=O)N2CCC(C(=O)c3cc(F)ccc3F)CC2)cc1. The highest BCUT2D eigenvalue weighted by molar-refractivity contribution is 6.00. The maximum Gasteiger partial charge on any atom is 0.257 e. The molecule has 0 spiro atoms. The van der Waals surface area contributed by atoms with E-state index in [-0.39, 0.29) is 11.5 Å². The van der Waals surface area contributed by atoms with Crippen molar-refractivity contribution in [1.82, 2.24) is 9.88 Å². The molecule has 4 rings (SSSR count). The fraction of sp³-hybridized carbons (Fsp3) is 0.269. The Labute approximate surface area is 196 Å². The Kier molecular flexibility index (Phi) is 7.15. The lowest BCUT2D eigenvalue weighted by molar-refractivity contribution is 0.0649. The molecule has 176 valence electrons. The van der Waals surface area contributed by atoms with E-state index in [0.717, 1.165) is 29.6 Å². The minimum absolute atomic E-state index is 0.204. The van der Waals surface area contributed by atoms with Crippen LogP contribution >= 0.6 is 0 Å². The Balaban J connectivity index is 1.42. The van der Waals surface area contributed by atoms with Gasteiger partial charge in [0, 0.05) is 30.9 Å². The lowest BCUT2D eigenvalue weighted by Gasteiger charge is -2.31. The predicted molar refractivity (Wildman–Crippen MR) is 124 cm³/mol. The van der Waals surface area contributed by atoms with E-state index in [9.17, 15) is 18.4 Å². The zero-order valence-corrected chi connectivity index (χ0v) is 18.8. The molecule has 0 saturated carbocycles. The molecule has 1 amide bonds. The highest BCUT2D eigenvalue weighted by Crippen LogP contribution is 2.27. The van der Waals surface area contributed by atoms with Crippen LogP contribution < -0.4 is 10.1 Å². The molecule has 0 unspecified atom stereocenters. The van der Waals surface area contributed by atoms with E-state index >= 15 is 0 Å². The van der Waals surface area contributed by atoms with Crippen molar-refractivity contribution in [2.45, 2.75) is 19.8 Å². The van der Waals surface area contributed by atoms with E-state index in [0.29, 0.717) is 43.9 Å². The number of aromatic nitrogens is 1. The molecule has 2 aromatic carbocycles. The van der Waals surface area contributed by atoms with E-state index in [4.69, 9.17) is 4.74 Å². The van der Waals surface area contributed by atoms with Gasteiger partial charge in [0.15, 0.2) is 5.78 Å². The van der Waals surface area contributed by atoms with Gasteiger partial charge in [-0.3, -0.25) is 9.59 Å². The molecule has 0 bridgehead atoms. The minimum Gasteiger partial charge on any atom is -0.494 e. The summed E-state index contributed by atoms with van der Waals surface area (Å²) in [7, 11) is 0. The van der Waals surface area contributed by atoms with Crippen molar-refractivity contribution in [3.8, 4) is 5.75 Å². The third-order valence-corrected chi connectivity index (χ3v) is 5.81. The fourth-order valence-electron chi connectivity index (χ4n) is 4.04. The van der Waals surface area contributed by atoms with Crippen LogP contribution in [0.2, 0.25) is 0 Å². The Morgan fingerprint density at radius 3 is 2.50 bits per heavy atom. The molecule has 1 fully saturated rings. The molecular weight excluding hydrogens is 440 g/mol. The summed E-state index contributed by atoms with van der Waals surface area (Å²) in [5, 5.41) is 3.18. The number of nitrogens with zero attached hydrogens (tertiary/aromatic N) is 2. The van der Waals surface area contributed by atoms with Crippen LogP contribution in [0.4, 0.5) is 20.3 Å². The average molecular weight is 466 g/mol. The van der Waals surface area contributed by atoms with E-state index in [1.807, 2.05) is 31.2 Å². The maximum absolute atomic E-state index is 14.0. The highest BCUT2D eigenvalue weighted by Gasteiger charge is 2.30. The first-order valence-corrected chi connectivity index (χ1v) is 11.2. The number of amides is 1. The zero-order valence-electron chi connectivity index (χ0n) is 18.8. The summed E-state index contributed by atoms with van der Waals surface area (Å²) in [6, 6.07) is 13.6. The van der Waals surface area contributed by atoms with Gasteiger partial charge in [-0.2, -0.15) is 0 Å². The number of carbonyl (C=O) groups excluding carboxylic acids is 2. The van der Waals surface area contributed by atoms with Crippen molar-refractivity contribution in [3.05, 3.63) is 83.6 Å². The summed E-state index contributed by atoms with van der Waals surface area (Å²) in [5.41, 5.74) is 0.939. The second-order valence-electron chi connectivity index (χ2n) is 8.04. The number of pyridine rings is 1. The molecule has 1 saturated heterocycles. The van der Waals surface area contributed by atoms with Gasteiger partial charge < -0.3 is 15.0 Å². The van der Waals surface area contributed by atoms with Crippen molar-refractivity contribution in [3.63, 3.8) is 0 Å². The number of rotatable bonds is 7. The van der Waals surface area contributed by atoms with E-state index in [1.165, 1.54) is 0 Å². The first kappa shape index (κ1) is 23.4. The number of carbonyl (C=O) groups is 2. The van der Waals surface area contributed by atoms with Crippen LogP contribution in [0, 0.1) is 17.6 Å². The van der Waals surface area contributed by atoms with Crippen molar-refractivity contribution in [2.24, 2.45) is 5.92 Å². The van der Waals surface area contributed by atoms with Gasteiger partial charge in [0.05, 0.1) is 17.7 Å². The molecule has 1 aliphatic rings. The first-order chi connectivity index (χ1) is 16.5. The Morgan fingerprint density at radius 2 is 1.79 bits per heavy atom. The summed E-state index contributed by atoms with van der Waals surface area (Å²) in [4.78, 5) is 31.9. The van der Waals surface area contributed by atoms with Crippen LogP contribution in [0.25, 0.3) is 0 Å². The molecule has 6 nitrogen and oxygen atoms in total. The largest absolute Gasteiger partial charge is 0.494 e. The van der Waals surface area contributed by atoms with Crippen LogP contribution in [0.1, 0.15) is 40.5 Å². The Bertz CT molecular complexity index is 1180. The number of likely N-dealkylation sites (tertiary alicyclic amines) is 1. The Hall–Kier alpha value is -3.81. The molecular formula is C26H25F2N3O3. The molecule has 34 heavy (non-hydrogen) atoms. The van der Waals surface area contributed by atoms with Crippen LogP contribution in [0.5, 0.6) is 5.75 Å². The zero-order chi connectivity index (χ0) is 24.1. The van der Waals surface area contributed by atoms with Gasteiger partial charge in [-0.1, -0.05) is 0 Å². The van der Waals surface area contributed by atoms with E-state index < -0.39 is 23.3 Å². The number of anilines is 2. The molecule has 0 radical (unpaired) electrons. The van der Waals surface area contributed by atoms with E-state index in [2.05, 4.69) is 10.3 Å². The lowest BCUT2D eigenvalue weighted by Crippen LogP contribution is -2.40. The summed E-state index contributed by atoms with van der Waals surface area (Å²) < 4.78 is 33.0. The minimum atomic E-state index is -0.731. The topological polar surface area (TPSA) is 71.5 Å². The second kappa shape index (κ2) is 10.4. The van der Waals surface area contributed by atoms with Crippen molar-refractivity contribution >= 4 is 23.2 Å². The number of nitrogens with one attached hydrogen (secondary N) is 1. The van der Waals surface area contributed by atoms with Crippen molar-refractivity contribution in [2.75, 3.05) is 25.0 Å². The molecule has 3 aromatic rings. The summed E-state index contributed by atoms with van der Waals surface area (Å²) in [6.45, 7) is 3.16. The number of hydrogen-bond donors (Lipinski definition) is 1. The predicted octanol–water partition coefficient (Wildman–Crippen LogP) is 5.24. The number of hydrogen-bond acceptors (Lipinski definition) is 5. The number of Topliss-reactive ketones (excluding diaryl/α,β-unsaturated/α-hetero) is 1. The molecule has 1 N–H and O–H groups in total. The fourth-order valence-corrected chi connectivity index (χ4v) is 4.04. The van der Waals surface area contributed by atoms with Crippen molar-refractivity contribution in [1.29, 1.82) is 0 Å². The normalized spacial score (nSPS) is 14.0. The standard InChI is InChI=1S/C26H25F2N3O3/c1-2-34-20-8-6-19(7-9-20)30-25-21(4-3-13-29-25)26(33)31-14-11-17(12-15-31)24(32)22-16-18(27)5-10-23(22)28/h3-10,13,16-17H,2,11-12,14-15H2,1H3,(H,29,30). The molecule has 2 heterocycles. The molecule has 0 aliphatic carbocycles. The smallest absolute Gasteiger partial charge is 0.257 e. The van der Waals surface area contributed by atoms with Gasteiger partial charge in [-0.05, 0) is 74.4 Å². The second-order valence-corrected chi connectivity index (χ2v) is 8.04. The van der Waals surface area contributed by atoms with Crippen LogP contribution in [0.3, 0.4) is 0 Å². The number of ether oxygens (including phenoxy) is 1.